The smallest absolute Gasteiger partial charge is 0.239 e. The highest BCUT2D eigenvalue weighted by Crippen LogP contribution is 2.23. The number of nitrogens with one attached hydrogen (secondary N) is 1. The van der Waals surface area contributed by atoms with E-state index < -0.39 is 6.04 Å². The van der Waals surface area contributed by atoms with E-state index in [0.29, 0.717) is 6.54 Å². The van der Waals surface area contributed by atoms with Crippen LogP contribution >= 0.6 is 28.3 Å². The molecule has 0 aliphatic carbocycles. The summed E-state index contributed by atoms with van der Waals surface area (Å²) in [7, 11) is 1.53. The van der Waals surface area contributed by atoms with Crippen molar-refractivity contribution < 1.29 is 9.53 Å². The van der Waals surface area contributed by atoms with E-state index in [2.05, 4.69) is 35.1 Å². The van der Waals surface area contributed by atoms with Crippen LogP contribution in [0, 0.1) is 0 Å². The number of carbonyl (C=O) groups excluding carboxylic acids is 1. The highest BCUT2D eigenvalue weighted by molar-refractivity contribution is 9.10. The Balaban J connectivity index is 0.00000361. The second-order valence-corrected chi connectivity index (χ2v) is 6.09. The molecule has 0 saturated heterocycles. The summed E-state index contributed by atoms with van der Waals surface area (Å²) >= 11 is 3.41. The fourth-order valence-corrected chi connectivity index (χ4v) is 1.96. The van der Waals surface area contributed by atoms with Gasteiger partial charge in [-0.1, -0.05) is 41.9 Å². The van der Waals surface area contributed by atoms with Gasteiger partial charge < -0.3 is 15.8 Å². The fraction of sp³-hybridized carbons (Fsp3) is 0.500. The minimum atomic E-state index is -0.620. The lowest BCUT2D eigenvalue weighted by Crippen LogP contribution is -2.47. The summed E-state index contributed by atoms with van der Waals surface area (Å²) in [4.78, 5) is 11.7. The summed E-state index contributed by atoms with van der Waals surface area (Å²) in [6, 6.07) is 7.47. The van der Waals surface area contributed by atoms with Gasteiger partial charge in [-0.3, -0.25) is 4.79 Å². The number of benzene rings is 1. The highest BCUT2D eigenvalue weighted by Gasteiger charge is 2.22. The number of rotatable bonds is 6. The normalized spacial score (nSPS) is 12.4. The molecule has 1 rings (SSSR count). The summed E-state index contributed by atoms with van der Waals surface area (Å²) in [5, 5.41) is 2.86. The molecule has 1 unspecified atom stereocenters. The molecule has 1 atom stereocenters. The maximum Gasteiger partial charge on any atom is 0.239 e. The summed E-state index contributed by atoms with van der Waals surface area (Å²) < 4.78 is 5.90. The Morgan fingerprint density at radius 1 is 1.40 bits per heavy atom. The van der Waals surface area contributed by atoms with Crippen molar-refractivity contribution in [3.8, 4) is 0 Å². The van der Waals surface area contributed by atoms with Crippen LogP contribution in [0.1, 0.15) is 19.4 Å². The first-order chi connectivity index (χ1) is 8.86. The molecule has 20 heavy (non-hydrogen) atoms. The molecule has 1 aromatic carbocycles. The standard InChI is InChI=1S/C14H21BrN2O2.ClH/c1-14(2,10-4-6-11(15)7-5-10)9-17-13(18)12(16)8-19-3;/h4-7,12H,8-9,16H2,1-3H3,(H,17,18);1H. The minimum absolute atomic E-state index is 0. The maximum absolute atomic E-state index is 11.7. The average molecular weight is 366 g/mol. The molecule has 1 amide bonds. The number of amides is 1. The van der Waals surface area contributed by atoms with Crippen LogP contribution in [-0.4, -0.2) is 32.2 Å². The van der Waals surface area contributed by atoms with E-state index in [-0.39, 0.29) is 30.3 Å². The first kappa shape index (κ1) is 19.4. The number of hydrogen-bond donors (Lipinski definition) is 2. The fourth-order valence-electron chi connectivity index (χ4n) is 1.70. The largest absolute Gasteiger partial charge is 0.383 e. The zero-order chi connectivity index (χ0) is 14.5. The van der Waals surface area contributed by atoms with Crippen LogP contribution in [-0.2, 0) is 14.9 Å². The Morgan fingerprint density at radius 3 is 2.45 bits per heavy atom. The topological polar surface area (TPSA) is 64.3 Å². The van der Waals surface area contributed by atoms with Crippen molar-refractivity contribution in [2.45, 2.75) is 25.3 Å². The molecule has 114 valence electrons. The van der Waals surface area contributed by atoms with Crippen molar-refractivity contribution in [2.75, 3.05) is 20.3 Å². The molecule has 0 heterocycles. The van der Waals surface area contributed by atoms with Crippen LogP contribution in [0.3, 0.4) is 0 Å². The van der Waals surface area contributed by atoms with Gasteiger partial charge in [0.1, 0.15) is 6.04 Å². The predicted molar refractivity (Wildman–Crippen MR) is 87.3 cm³/mol. The van der Waals surface area contributed by atoms with E-state index >= 15 is 0 Å². The van der Waals surface area contributed by atoms with E-state index in [9.17, 15) is 4.79 Å². The molecular weight excluding hydrogens is 344 g/mol. The Labute approximate surface area is 135 Å². The first-order valence-electron chi connectivity index (χ1n) is 6.15. The second kappa shape index (κ2) is 8.62. The van der Waals surface area contributed by atoms with Gasteiger partial charge in [-0.05, 0) is 17.7 Å². The molecule has 0 aromatic heterocycles. The van der Waals surface area contributed by atoms with Gasteiger partial charge in [-0.25, -0.2) is 0 Å². The van der Waals surface area contributed by atoms with E-state index in [1.54, 1.807) is 0 Å². The monoisotopic (exact) mass is 364 g/mol. The summed E-state index contributed by atoms with van der Waals surface area (Å²) in [6.45, 7) is 4.92. The van der Waals surface area contributed by atoms with Crippen LogP contribution in [0.25, 0.3) is 0 Å². The molecule has 0 aliphatic heterocycles. The van der Waals surface area contributed by atoms with Crippen molar-refractivity contribution in [3.63, 3.8) is 0 Å². The van der Waals surface area contributed by atoms with E-state index in [0.717, 1.165) is 10.0 Å². The van der Waals surface area contributed by atoms with Crippen molar-refractivity contribution >= 4 is 34.2 Å². The molecule has 1 aromatic rings. The summed E-state index contributed by atoms with van der Waals surface area (Å²) in [5.74, 6) is -0.188. The van der Waals surface area contributed by atoms with Crippen LogP contribution < -0.4 is 11.1 Å². The lowest BCUT2D eigenvalue weighted by molar-refractivity contribution is -0.123. The van der Waals surface area contributed by atoms with Gasteiger partial charge in [0.2, 0.25) is 5.91 Å². The molecular formula is C14H22BrClN2O2. The zero-order valence-corrected chi connectivity index (χ0v) is 14.4. The van der Waals surface area contributed by atoms with E-state index in [1.807, 2.05) is 24.3 Å². The number of carbonyl (C=O) groups is 1. The number of halogens is 2. The third-order valence-electron chi connectivity index (χ3n) is 3.01. The molecule has 4 nitrogen and oxygen atoms in total. The van der Waals surface area contributed by atoms with Gasteiger partial charge in [0, 0.05) is 23.5 Å². The van der Waals surface area contributed by atoms with Gasteiger partial charge in [0.15, 0.2) is 0 Å². The highest BCUT2D eigenvalue weighted by atomic mass is 79.9. The Morgan fingerprint density at radius 2 is 1.95 bits per heavy atom. The van der Waals surface area contributed by atoms with Gasteiger partial charge in [-0.2, -0.15) is 0 Å². The molecule has 0 bridgehead atoms. The van der Waals surface area contributed by atoms with Crippen LogP contribution in [0.15, 0.2) is 28.7 Å². The minimum Gasteiger partial charge on any atom is -0.383 e. The van der Waals surface area contributed by atoms with E-state index in [1.165, 1.54) is 7.11 Å². The molecule has 0 fully saturated rings. The van der Waals surface area contributed by atoms with E-state index in [4.69, 9.17) is 10.5 Å². The number of hydrogen-bond acceptors (Lipinski definition) is 3. The Kier molecular flexibility index (Phi) is 8.35. The zero-order valence-electron chi connectivity index (χ0n) is 12.0. The first-order valence-corrected chi connectivity index (χ1v) is 6.94. The number of nitrogens with two attached hydrogens (primary N) is 1. The Hall–Kier alpha value is -0.620. The van der Waals surface area contributed by atoms with Crippen molar-refractivity contribution in [2.24, 2.45) is 5.73 Å². The molecule has 0 aliphatic rings. The van der Waals surface area contributed by atoms with Gasteiger partial charge in [0.25, 0.3) is 0 Å². The Bertz CT molecular complexity index is 424. The third kappa shape index (κ3) is 5.79. The number of methoxy groups -OCH3 is 1. The second-order valence-electron chi connectivity index (χ2n) is 5.17. The lowest BCUT2D eigenvalue weighted by Gasteiger charge is -2.26. The molecule has 3 N–H and O–H groups in total. The van der Waals surface area contributed by atoms with Gasteiger partial charge in [0.05, 0.1) is 6.61 Å². The van der Waals surface area contributed by atoms with Crippen molar-refractivity contribution in [1.82, 2.24) is 5.32 Å². The van der Waals surface area contributed by atoms with Gasteiger partial charge >= 0.3 is 0 Å². The van der Waals surface area contributed by atoms with Gasteiger partial charge in [-0.15, -0.1) is 12.4 Å². The van der Waals surface area contributed by atoms with Crippen molar-refractivity contribution in [3.05, 3.63) is 34.3 Å². The maximum atomic E-state index is 11.7. The average Bonchev–Trinajstić information content (AvgIpc) is 2.37. The number of ether oxygens (including phenoxy) is 1. The molecule has 6 heteroatoms. The third-order valence-corrected chi connectivity index (χ3v) is 3.54. The molecule has 0 spiro atoms. The molecule has 0 radical (unpaired) electrons. The lowest BCUT2D eigenvalue weighted by atomic mass is 9.84. The summed E-state index contributed by atoms with van der Waals surface area (Å²) in [6.07, 6.45) is 0. The van der Waals surface area contributed by atoms with Crippen LogP contribution in [0.4, 0.5) is 0 Å². The predicted octanol–water partition coefficient (Wildman–Crippen LogP) is 2.24. The van der Waals surface area contributed by atoms with Crippen molar-refractivity contribution in [1.29, 1.82) is 0 Å². The molecule has 0 saturated carbocycles. The SMILES string of the molecule is COCC(N)C(=O)NCC(C)(C)c1ccc(Br)cc1.Cl. The quantitative estimate of drug-likeness (QED) is 0.812. The van der Waals surface area contributed by atoms with Crippen LogP contribution in [0.5, 0.6) is 0 Å². The summed E-state index contributed by atoms with van der Waals surface area (Å²) in [5.41, 5.74) is 6.69. The van der Waals surface area contributed by atoms with Crippen LogP contribution in [0.2, 0.25) is 0 Å².